The van der Waals surface area contributed by atoms with Gasteiger partial charge in [0.25, 0.3) is 0 Å². The van der Waals surface area contributed by atoms with Crippen LogP contribution in [0.2, 0.25) is 0 Å². The van der Waals surface area contributed by atoms with Crippen molar-refractivity contribution >= 4 is 42.5 Å². The summed E-state index contributed by atoms with van der Waals surface area (Å²) in [4.78, 5) is 0. The van der Waals surface area contributed by atoms with Crippen LogP contribution in [-0.2, 0) is 0 Å². The van der Waals surface area contributed by atoms with E-state index in [4.69, 9.17) is 4.74 Å². The van der Waals surface area contributed by atoms with Gasteiger partial charge in [0.2, 0.25) is 0 Å². The van der Waals surface area contributed by atoms with Crippen molar-refractivity contribution in [3.05, 3.63) is 310 Å². The second-order valence-corrected chi connectivity index (χ2v) is 23.3. The van der Waals surface area contributed by atoms with Crippen LogP contribution < -0.4 is 4.74 Å². The number of allylic oxidation sites excluding steroid dienone is 11. The van der Waals surface area contributed by atoms with E-state index in [2.05, 4.69) is 142 Å². The van der Waals surface area contributed by atoms with Gasteiger partial charge in [-0.3, -0.25) is 0 Å². The van der Waals surface area contributed by atoms with Crippen LogP contribution in [-0.4, -0.2) is 7.11 Å². The fourth-order valence-corrected chi connectivity index (χ4v) is 6.78. The lowest BCUT2D eigenvalue weighted by Crippen LogP contribution is -1.91. The zero-order valence-corrected chi connectivity index (χ0v) is 55.9. The van der Waals surface area contributed by atoms with Crippen LogP contribution in [0.1, 0.15) is 136 Å². The van der Waals surface area contributed by atoms with Crippen LogP contribution >= 0.6 is 0 Å². The standard InChI is InChI=1S/C14H18O.C13H16.C11H11F3.C11H12F2.3C11H13F/c1-12(2)6-4-5-7-13-8-10-14(15-3)11-9-13;1-12(2)8-6-7-11-13-9-4-3-5-10-13;1-7(2)3-4-8-5-9(12)11(14)10(13)6-8;1-8(2)3-4-9-5-6-10(12)11(13)7-9;1-9(2)3-4-10-5-7-11(12)8-6-10;1-9(2)6-7-10-4-3-5-11(12)8-10;1-9(2)7-8-10-5-3-4-6-11(10)12/h4-12H,1-3H3;3-12H,1-2H3;3-7H,1-2H3;3-8H,1-2H3;3*3-9H,1-2H3/b6-4+,7-5+;8-6+,11-7+;3*4-3+;7-6+;8-7+. The van der Waals surface area contributed by atoms with Crippen molar-refractivity contribution in [2.45, 2.75) is 96.9 Å². The Bertz CT molecular complexity index is 3330. The number of ether oxygens (including phenoxy) is 1. The van der Waals surface area contributed by atoms with Gasteiger partial charge in [0.05, 0.1) is 7.11 Å². The summed E-state index contributed by atoms with van der Waals surface area (Å²) in [5.41, 5.74) is 6.07. The molecule has 0 radical (unpaired) electrons. The molecule has 486 valence electrons. The second-order valence-electron chi connectivity index (χ2n) is 23.3. The molecule has 0 bridgehead atoms. The molecule has 0 saturated carbocycles. The maximum Gasteiger partial charge on any atom is 0.194 e. The Morgan fingerprint density at radius 2 is 0.637 bits per heavy atom. The Labute approximate surface area is 541 Å². The lowest BCUT2D eigenvalue weighted by atomic mass is 10.1. The Hall–Kier alpha value is -8.56. The minimum absolute atomic E-state index is 0.158. The molecule has 7 aromatic rings. The summed E-state index contributed by atoms with van der Waals surface area (Å²) in [7, 11) is 1.68. The van der Waals surface area contributed by atoms with Crippen molar-refractivity contribution < 1.29 is 39.9 Å². The quantitative estimate of drug-likeness (QED) is 0.0502. The molecule has 7 rings (SSSR count). The Balaban J connectivity index is 0.000000532. The number of hydrogen-bond donors (Lipinski definition) is 0. The van der Waals surface area contributed by atoms with Crippen molar-refractivity contribution in [2.75, 3.05) is 7.11 Å². The van der Waals surface area contributed by atoms with Gasteiger partial charge in [0, 0.05) is 5.56 Å². The molecule has 7 aromatic carbocycles. The second kappa shape index (κ2) is 47.4. The molecule has 0 heterocycles. The Morgan fingerprint density at radius 1 is 0.264 bits per heavy atom. The van der Waals surface area contributed by atoms with Gasteiger partial charge in [0.1, 0.15) is 23.2 Å². The lowest BCUT2D eigenvalue weighted by Gasteiger charge is -1.99. The molecule has 0 atom stereocenters. The molecular formula is C82H96F8O. The molecule has 0 unspecified atom stereocenters. The van der Waals surface area contributed by atoms with Crippen LogP contribution in [0.3, 0.4) is 0 Å². The molecule has 0 aromatic heterocycles. The lowest BCUT2D eigenvalue weighted by molar-refractivity contribution is 0.415. The largest absolute Gasteiger partial charge is 0.497 e. The van der Waals surface area contributed by atoms with E-state index in [0.29, 0.717) is 52.2 Å². The first-order chi connectivity index (χ1) is 43.2. The first-order valence-corrected chi connectivity index (χ1v) is 30.8. The minimum atomic E-state index is -1.42. The fourth-order valence-electron chi connectivity index (χ4n) is 6.78. The molecule has 0 spiro atoms. The summed E-state index contributed by atoms with van der Waals surface area (Å²) < 4.78 is 106. The average Bonchev–Trinajstić information content (AvgIpc) is 3.19. The highest BCUT2D eigenvalue weighted by atomic mass is 19.2. The van der Waals surface area contributed by atoms with Crippen molar-refractivity contribution in [3.63, 3.8) is 0 Å². The van der Waals surface area contributed by atoms with Gasteiger partial charge in [-0.2, -0.15) is 0 Å². The number of benzene rings is 7. The highest BCUT2D eigenvalue weighted by Gasteiger charge is 2.09. The van der Waals surface area contributed by atoms with Crippen molar-refractivity contribution in [3.8, 4) is 5.75 Å². The highest BCUT2D eigenvalue weighted by molar-refractivity contribution is 5.54. The summed E-state index contributed by atoms with van der Waals surface area (Å²) in [6.07, 6.45) is 35.8. The topological polar surface area (TPSA) is 9.23 Å². The van der Waals surface area contributed by atoms with E-state index in [-0.39, 0.29) is 23.4 Å². The molecule has 0 saturated heterocycles. The summed E-state index contributed by atoms with van der Waals surface area (Å²) >= 11 is 0. The monoisotopic (exact) mass is 1250 g/mol. The number of hydrogen-bond acceptors (Lipinski definition) is 1. The molecule has 0 aliphatic carbocycles. The number of halogens is 8. The zero-order chi connectivity index (χ0) is 68.1. The first-order valence-electron chi connectivity index (χ1n) is 30.8. The molecule has 0 aliphatic rings. The normalized spacial score (nSPS) is 11.5. The van der Waals surface area contributed by atoms with Gasteiger partial charge in [-0.1, -0.05) is 297 Å². The zero-order valence-electron chi connectivity index (χ0n) is 55.9. The molecule has 0 amide bonds. The van der Waals surface area contributed by atoms with Crippen molar-refractivity contribution in [1.29, 1.82) is 0 Å². The van der Waals surface area contributed by atoms with Crippen LogP contribution in [0.5, 0.6) is 5.75 Å². The van der Waals surface area contributed by atoms with E-state index in [1.54, 1.807) is 61.7 Å². The Kier molecular flexibility index (Phi) is 41.9. The van der Waals surface area contributed by atoms with E-state index >= 15 is 0 Å². The van der Waals surface area contributed by atoms with E-state index in [9.17, 15) is 35.1 Å². The SMILES string of the molecule is CC(C)/C=C/C=C/c1ccccc1.CC(C)/C=C/c1cc(F)c(F)c(F)c1.CC(C)/C=C/c1ccc(F)c(F)c1.CC(C)/C=C/c1ccc(F)cc1.CC(C)/C=C/c1cccc(F)c1.CC(C)/C=C/c1ccccc1F.COc1ccc(/C=C/C=C/C(C)C)cc1. The minimum Gasteiger partial charge on any atom is -0.497 e. The summed E-state index contributed by atoms with van der Waals surface area (Å²) in [5, 5.41) is 0. The van der Waals surface area contributed by atoms with Gasteiger partial charge >= 0.3 is 0 Å². The van der Waals surface area contributed by atoms with Crippen molar-refractivity contribution in [2.24, 2.45) is 41.4 Å². The molecular weight excluding hydrogens is 1150 g/mol. The average molecular weight is 1250 g/mol. The summed E-state index contributed by atoms with van der Waals surface area (Å²) in [6, 6.07) is 44.0. The maximum absolute atomic E-state index is 13.0. The molecule has 0 fully saturated rings. The Morgan fingerprint density at radius 3 is 1.09 bits per heavy atom. The van der Waals surface area contributed by atoms with Gasteiger partial charge in [0.15, 0.2) is 29.1 Å². The smallest absolute Gasteiger partial charge is 0.194 e. The van der Waals surface area contributed by atoms with Crippen LogP contribution in [0.25, 0.3) is 42.5 Å². The molecule has 91 heavy (non-hydrogen) atoms. The van der Waals surface area contributed by atoms with E-state index in [1.165, 1.54) is 47.5 Å². The van der Waals surface area contributed by atoms with Gasteiger partial charge in [-0.25, -0.2) is 35.1 Å². The summed E-state index contributed by atoms with van der Waals surface area (Å²) in [6.45, 7) is 29.1. The molecule has 0 N–H and O–H groups in total. The van der Waals surface area contributed by atoms with E-state index < -0.39 is 29.1 Å². The molecule has 9 heteroatoms. The van der Waals surface area contributed by atoms with Crippen LogP contribution in [0, 0.1) is 88.0 Å². The van der Waals surface area contributed by atoms with Gasteiger partial charge in [-0.05, 0) is 142 Å². The number of rotatable bonds is 17. The molecule has 0 aliphatic heterocycles. The van der Waals surface area contributed by atoms with Crippen molar-refractivity contribution in [1.82, 2.24) is 0 Å². The van der Waals surface area contributed by atoms with E-state index in [0.717, 1.165) is 35.1 Å². The predicted molar refractivity (Wildman–Crippen MR) is 377 cm³/mol. The van der Waals surface area contributed by atoms with E-state index in [1.807, 2.05) is 113 Å². The third-order valence-corrected chi connectivity index (χ3v) is 11.6. The fraction of sp³-hybridized carbons (Fsp3) is 0.268. The number of methoxy groups -OCH3 is 1. The predicted octanol–water partition coefficient (Wildman–Crippen LogP) is 25.7. The highest BCUT2D eigenvalue weighted by Crippen LogP contribution is 2.17. The van der Waals surface area contributed by atoms with Crippen LogP contribution in [0.4, 0.5) is 35.1 Å². The third kappa shape index (κ3) is 42.1. The first kappa shape index (κ1) is 80.5. The maximum atomic E-state index is 13.0. The van der Waals surface area contributed by atoms with Gasteiger partial charge in [-0.15, -0.1) is 0 Å². The molecule has 1 nitrogen and oxygen atoms in total. The third-order valence-electron chi connectivity index (χ3n) is 11.6. The van der Waals surface area contributed by atoms with Gasteiger partial charge < -0.3 is 4.74 Å². The van der Waals surface area contributed by atoms with Crippen LogP contribution in [0.15, 0.2) is 225 Å². The summed E-state index contributed by atoms with van der Waals surface area (Å²) in [5.74, 6) is -1.55.